The van der Waals surface area contributed by atoms with Gasteiger partial charge in [-0.1, -0.05) is 23.7 Å². The van der Waals surface area contributed by atoms with Crippen LogP contribution >= 0.6 is 11.6 Å². The van der Waals surface area contributed by atoms with Crippen LogP contribution in [-0.4, -0.2) is 37.9 Å². The van der Waals surface area contributed by atoms with Gasteiger partial charge in [0.1, 0.15) is 5.82 Å². The molecule has 1 heterocycles. The van der Waals surface area contributed by atoms with Crippen LogP contribution in [0.4, 0.5) is 11.8 Å². The number of nitrogens with one attached hydrogen (secondary N) is 1. The Bertz CT molecular complexity index is 934. The maximum atomic E-state index is 6.14. The van der Waals surface area contributed by atoms with Gasteiger partial charge in [-0.3, -0.25) is 0 Å². The van der Waals surface area contributed by atoms with Crippen molar-refractivity contribution in [2.24, 2.45) is 0 Å². The third-order valence-electron chi connectivity index (χ3n) is 4.14. The van der Waals surface area contributed by atoms with Crippen LogP contribution in [0.3, 0.4) is 0 Å². The third kappa shape index (κ3) is 4.15. The van der Waals surface area contributed by atoms with Gasteiger partial charge >= 0.3 is 0 Å². The Kier molecular flexibility index (Phi) is 5.83. The van der Waals surface area contributed by atoms with Crippen LogP contribution in [0, 0.1) is 0 Å². The van der Waals surface area contributed by atoms with Gasteiger partial charge in [-0.15, -0.1) is 0 Å². The minimum Gasteiger partial charge on any atom is -0.493 e. The second kappa shape index (κ2) is 8.28. The van der Waals surface area contributed by atoms with E-state index in [0.717, 1.165) is 5.56 Å². The molecule has 1 atom stereocenters. The van der Waals surface area contributed by atoms with Crippen molar-refractivity contribution in [3.05, 3.63) is 47.0 Å². The average molecular weight is 389 g/mol. The Balaban J connectivity index is 1.98. The molecule has 2 aromatic carbocycles. The Morgan fingerprint density at radius 2 is 1.70 bits per heavy atom. The number of nitrogens with zero attached hydrogens (tertiary/aromatic N) is 2. The number of halogens is 1. The van der Waals surface area contributed by atoms with Crippen molar-refractivity contribution in [1.29, 1.82) is 0 Å². The Morgan fingerprint density at radius 3 is 2.33 bits per heavy atom. The van der Waals surface area contributed by atoms with Crippen LogP contribution in [0.5, 0.6) is 11.5 Å². The number of aromatic nitrogens is 2. The first-order chi connectivity index (χ1) is 13.0. The van der Waals surface area contributed by atoms with Crippen molar-refractivity contribution >= 4 is 34.3 Å². The molecule has 0 amide bonds. The van der Waals surface area contributed by atoms with Gasteiger partial charge in [-0.05, 0) is 23.8 Å². The van der Waals surface area contributed by atoms with Crippen molar-refractivity contribution in [2.75, 3.05) is 39.0 Å². The SMILES string of the molecule is COCC(Nc1nc(N)c2cc(OC)c(OC)cc2n1)c1ccc(Cl)cc1. The largest absolute Gasteiger partial charge is 0.493 e. The molecular formula is C19H21ClN4O3. The van der Waals surface area contributed by atoms with Gasteiger partial charge in [0.15, 0.2) is 11.5 Å². The van der Waals surface area contributed by atoms with E-state index in [4.69, 9.17) is 31.5 Å². The maximum absolute atomic E-state index is 6.14. The Morgan fingerprint density at radius 1 is 1.04 bits per heavy atom. The summed E-state index contributed by atoms with van der Waals surface area (Å²) >= 11 is 5.98. The van der Waals surface area contributed by atoms with E-state index in [2.05, 4.69) is 15.3 Å². The standard InChI is InChI=1S/C19H21ClN4O3/c1-25-10-15(11-4-6-12(20)7-5-11)23-19-22-14-9-17(27-3)16(26-2)8-13(14)18(21)24-19/h4-9,15H,10H2,1-3H3,(H3,21,22,23,24). The van der Waals surface area contributed by atoms with Gasteiger partial charge in [0.2, 0.25) is 5.95 Å². The molecular weight excluding hydrogens is 368 g/mol. The number of nitrogens with two attached hydrogens (primary N) is 1. The quantitative estimate of drug-likeness (QED) is 0.637. The van der Waals surface area contributed by atoms with Crippen molar-refractivity contribution in [2.45, 2.75) is 6.04 Å². The topological polar surface area (TPSA) is 91.5 Å². The second-order valence-corrected chi connectivity index (χ2v) is 6.30. The highest BCUT2D eigenvalue weighted by Crippen LogP contribution is 2.34. The molecule has 7 nitrogen and oxygen atoms in total. The first kappa shape index (κ1) is 19.0. The van der Waals surface area contributed by atoms with Crippen LogP contribution in [0.25, 0.3) is 10.9 Å². The predicted molar refractivity (Wildman–Crippen MR) is 107 cm³/mol. The number of hydrogen-bond donors (Lipinski definition) is 2. The third-order valence-corrected chi connectivity index (χ3v) is 4.39. The van der Waals surface area contributed by atoms with E-state index < -0.39 is 0 Å². The zero-order chi connectivity index (χ0) is 19.4. The number of methoxy groups -OCH3 is 3. The lowest BCUT2D eigenvalue weighted by molar-refractivity contribution is 0.186. The van der Waals surface area contributed by atoms with Crippen LogP contribution in [0.15, 0.2) is 36.4 Å². The van der Waals surface area contributed by atoms with Crippen molar-refractivity contribution in [1.82, 2.24) is 9.97 Å². The van der Waals surface area contributed by atoms with Gasteiger partial charge in [0.05, 0.1) is 32.4 Å². The Hall–Kier alpha value is -2.77. The summed E-state index contributed by atoms with van der Waals surface area (Å²) in [5.74, 6) is 1.87. The highest BCUT2D eigenvalue weighted by atomic mass is 35.5. The van der Waals surface area contributed by atoms with Crippen LogP contribution in [-0.2, 0) is 4.74 Å². The van der Waals surface area contributed by atoms with Gasteiger partial charge in [0, 0.05) is 23.6 Å². The highest BCUT2D eigenvalue weighted by Gasteiger charge is 2.16. The summed E-state index contributed by atoms with van der Waals surface area (Å²) in [5, 5.41) is 4.63. The lowest BCUT2D eigenvalue weighted by atomic mass is 10.1. The van der Waals surface area contributed by atoms with Crippen molar-refractivity contribution in [3.8, 4) is 11.5 Å². The van der Waals surface area contributed by atoms with Crippen molar-refractivity contribution < 1.29 is 14.2 Å². The summed E-state index contributed by atoms with van der Waals surface area (Å²) in [4.78, 5) is 8.94. The first-order valence-corrected chi connectivity index (χ1v) is 8.63. The average Bonchev–Trinajstić information content (AvgIpc) is 2.67. The van der Waals surface area contributed by atoms with E-state index in [9.17, 15) is 0 Å². The van der Waals surface area contributed by atoms with Gasteiger partial charge in [-0.25, -0.2) is 4.98 Å². The lowest BCUT2D eigenvalue weighted by Gasteiger charge is -2.19. The maximum Gasteiger partial charge on any atom is 0.225 e. The molecule has 0 aliphatic heterocycles. The molecule has 0 bridgehead atoms. The zero-order valence-corrected chi connectivity index (χ0v) is 16.1. The molecule has 1 aromatic heterocycles. The molecule has 3 rings (SSSR count). The summed E-state index contributed by atoms with van der Waals surface area (Å²) in [6.07, 6.45) is 0. The summed E-state index contributed by atoms with van der Waals surface area (Å²) in [6.45, 7) is 0.425. The summed E-state index contributed by atoms with van der Waals surface area (Å²) in [7, 11) is 4.78. The molecule has 8 heteroatoms. The van der Waals surface area contributed by atoms with Crippen molar-refractivity contribution in [3.63, 3.8) is 0 Å². The fourth-order valence-electron chi connectivity index (χ4n) is 2.78. The van der Waals surface area contributed by atoms with E-state index in [1.54, 1.807) is 33.5 Å². The molecule has 27 heavy (non-hydrogen) atoms. The second-order valence-electron chi connectivity index (χ2n) is 5.86. The molecule has 142 valence electrons. The van der Waals surface area contributed by atoms with Gasteiger partial charge in [0.25, 0.3) is 0 Å². The van der Waals surface area contributed by atoms with Crippen LogP contribution < -0.4 is 20.5 Å². The number of fused-ring (bicyclic) bond motifs is 1. The fraction of sp³-hybridized carbons (Fsp3) is 0.263. The van der Waals surface area contributed by atoms with E-state index in [0.29, 0.717) is 45.8 Å². The van der Waals surface area contributed by atoms with Gasteiger partial charge < -0.3 is 25.3 Å². The molecule has 1 unspecified atom stereocenters. The number of hydrogen-bond acceptors (Lipinski definition) is 7. The molecule has 0 aliphatic carbocycles. The first-order valence-electron chi connectivity index (χ1n) is 8.26. The predicted octanol–water partition coefficient (Wildman–Crippen LogP) is 3.68. The summed E-state index contributed by atoms with van der Waals surface area (Å²) in [5.41, 5.74) is 7.79. The highest BCUT2D eigenvalue weighted by molar-refractivity contribution is 6.30. The number of rotatable bonds is 7. The zero-order valence-electron chi connectivity index (χ0n) is 15.3. The molecule has 3 aromatic rings. The minimum atomic E-state index is -0.163. The van der Waals surface area contributed by atoms with E-state index in [1.165, 1.54) is 0 Å². The van der Waals surface area contributed by atoms with E-state index in [-0.39, 0.29) is 6.04 Å². The van der Waals surface area contributed by atoms with Crippen LogP contribution in [0.1, 0.15) is 11.6 Å². The molecule has 0 saturated heterocycles. The molecule has 0 aliphatic rings. The number of nitrogen functional groups attached to an aromatic ring is 1. The summed E-state index contributed by atoms with van der Waals surface area (Å²) < 4.78 is 16.0. The Labute approximate surface area is 162 Å². The lowest BCUT2D eigenvalue weighted by Crippen LogP contribution is -2.18. The molecule has 0 fully saturated rings. The number of anilines is 2. The summed E-state index contributed by atoms with van der Waals surface area (Å²) in [6, 6.07) is 10.9. The molecule has 0 spiro atoms. The monoisotopic (exact) mass is 388 g/mol. The molecule has 0 saturated carbocycles. The number of ether oxygens (including phenoxy) is 3. The van der Waals surface area contributed by atoms with Gasteiger partial charge in [-0.2, -0.15) is 4.98 Å². The molecule has 0 radical (unpaired) electrons. The molecule has 3 N–H and O–H groups in total. The normalized spacial score (nSPS) is 12.0. The van der Waals surface area contributed by atoms with Crippen LogP contribution in [0.2, 0.25) is 5.02 Å². The van der Waals surface area contributed by atoms with E-state index in [1.807, 2.05) is 24.3 Å². The smallest absolute Gasteiger partial charge is 0.225 e. The number of benzene rings is 2. The van der Waals surface area contributed by atoms with E-state index >= 15 is 0 Å². The fourth-order valence-corrected chi connectivity index (χ4v) is 2.91. The minimum absolute atomic E-state index is 0.163.